The first kappa shape index (κ1) is 33.4. The fourth-order valence-electron chi connectivity index (χ4n) is 3.91. The van der Waals surface area contributed by atoms with Crippen molar-refractivity contribution in [1.82, 2.24) is 21.3 Å². The lowest BCUT2D eigenvalue weighted by atomic mass is 10.0. The number of aryl methyl sites for hydroxylation is 1. The standard InChI is InChI=1S/C28H40N4O9/c1-17(2)12-21(31-26(38)20(30-18(3)33)11-10-19-8-6-5-7-9-19)27(39)32-22(14-40-15-24(35)36)25(37)29-13-23(34)28(4)16-41-28/h5-9,17,20-22H,10-16H2,1-4H3,(H,29,37)(H,30,33)(H,31,38)(H,32,39)(H,35,36)/t20-,21-,22-,28+/m0/s1. The minimum absolute atomic E-state index is 0.0398. The third kappa shape index (κ3) is 12.1. The summed E-state index contributed by atoms with van der Waals surface area (Å²) in [6.45, 7) is 5.26. The molecule has 4 amide bonds. The van der Waals surface area contributed by atoms with Gasteiger partial charge in [-0.1, -0.05) is 44.2 Å². The van der Waals surface area contributed by atoms with Crippen LogP contribution in [0.3, 0.4) is 0 Å². The van der Waals surface area contributed by atoms with E-state index in [0.29, 0.717) is 6.42 Å². The Morgan fingerprint density at radius 3 is 2.12 bits per heavy atom. The Morgan fingerprint density at radius 1 is 0.951 bits per heavy atom. The minimum Gasteiger partial charge on any atom is -0.480 e. The highest BCUT2D eigenvalue weighted by Gasteiger charge is 2.46. The van der Waals surface area contributed by atoms with E-state index in [1.165, 1.54) is 6.92 Å². The van der Waals surface area contributed by atoms with E-state index >= 15 is 0 Å². The number of carbonyl (C=O) groups is 6. The first-order valence-electron chi connectivity index (χ1n) is 13.5. The Hall–Kier alpha value is -3.84. The van der Waals surface area contributed by atoms with Crippen molar-refractivity contribution >= 4 is 35.4 Å². The van der Waals surface area contributed by atoms with Crippen LogP contribution in [0, 0.1) is 5.92 Å². The molecular formula is C28H40N4O9. The van der Waals surface area contributed by atoms with E-state index < -0.39 is 66.5 Å². The van der Waals surface area contributed by atoms with Crippen LogP contribution in [0.15, 0.2) is 30.3 Å². The lowest BCUT2D eigenvalue weighted by molar-refractivity contribution is -0.144. The zero-order chi connectivity index (χ0) is 30.6. The molecule has 5 N–H and O–H groups in total. The Morgan fingerprint density at radius 2 is 1.56 bits per heavy atom. The summed E-state index contributed by atoms with van der Waals surface area (Å²) < 4.78 is 10.1. The maximum Gasteiger partial charge on any atom is 0.329 e. The zero-order valence-electron chi connectivity index (χ0n) is 23.9. The summed E-state index contributed by atoms with van der Waals surface area (Å²) in [4.78, 5) is 74.3. The van der Waals surface area contributed by atoms with Gasteiger partial charge >= 0.3 is 5.97 Å². The Labute approximate surface area is 239 Å². The number of carbonyl (C=O) groups excluding carboxylic acids is 5. The second kappa shape index (κ2) is 15.8. The molecule has 13 heteroatoms. The van der Waals surface area contributed by atoms with Crippen LogP contribution in [0.2, 0.25) is 0 Å². The van der Waals surface area contributed by atoms with Crippen LogP contribution in [-0.2, 0) is 44.7 Å². The summed E-state index contributed by atoms with van der Waals surface area (Å²) in [6.07, 6.45) is 1.00. The summed E-state index contributed by atoms with van der Waals surface area (Å²) in [5.74, 6) is -4.11. The number of Topliss-reactive ketones (excluding diaryl/α,β-unsaturated/α-hetero) is 1. The number of carboxylic acids is 1. The number of benzene rings is 1. The molecule has 0 radical (unpaired) electrons. The molecule has 2 rings (SSSR count). The van der Waals surface area contributed by atoms with E-state index in [9.17, 15) is 28.8 Å². The maximum atomic E-state index is 13.3. The molecule has 1 aromatic carbocycles. The number of carboxylic acid groups (broad SMARTS) is 1. The summed E-state index contributed by atoms with van der Waals surface area (Å²) >= 11 is 0. The number of ketones is 1. The van der Waals surface area contributed by atoms with Gasteiger partial charge in [0.2, 0.25) is 23.6 Å². The van der Waals surface area contributed by atoms with E-state index in [1.54, 1.807) is 6.92 Å². The molecule has 1 fully saturated rings. The third-order valence-corrected chi connectivity index (χ3v) is 6.33. The molecule has 0 aromatic heterocycles. The molecule has 0 spiro atoms. The highest BCUT2D eigenvalue weighted by molar-refractivity contribution is 5.96. The van der Waals surface area contributed by atoms with Crippen LogP contribution < -0.4 is 21.3 Å². The van der Waals surface area contributed by atoms with Crippen molar-refractivity contribution in [3.63, 3.8) is 0 Å². The number of nitrogens with one attached hydrogen (secondary N) is 4. The Kier molecular flexibility index (Phi) is 12.9. The number of ether oxygens (including phenoxy) is 2. The van der Waals surface area contributed by atoms with Crippen molar-refractivity contribution in [2.24, 2.45) is 5.92 Å². The second-order valence-corrected chi connectivity index (χ2v) is 10.6. The number of aliphatic carboxylic acids is 1. The smallest absolute Gasteiger partial charge is 0.329 e. The van der Waals surface area contributed by atoms with E-state index in [4.69, 9.17) is 14.6 Å². The van der Waals surface area contributed by atoms with Gasteiger partial charge in [0.15, 0.2) is 5.78 Å². The van der Waals surface area contributed by atoms with Crippen molar-refractivity contribution in [2.75, 3.05) is 26.4 Å². The molecule has 1 saturated heterocycles. The van der Waals surface area contributed by atoms with Gasteiger partial charge in [0.05, 0.1) is 19.8 Å². The van der Waals surface area contributed by atoms with Gasteiger partial charge in [-0.15, -0.1) is 0 Å². The molecule has 1 aromatic rings. The fraction of sp³-hybridized carbons (Fsp3) is 0.571. The van der Waals surface area contributed by atoms with Gasteiger partial charge in [-0.25, -0.2) is 4.79 Å². The highest BCUT2D eigenvalue weighted by Crippen LogP contribution is 2.26. The molecule has 13 nitrogen and oxygen atoms in total. The third-order valence-electron chi connectivity index (χ3n) is 6.33. The Bertz CT molecular complexity index is 1090. The number of epoxide rings is 1. The first-order valence-corrected chi connectivity index (χ1v) is 13.5. The quantitative estimate of drug-likeness (QED) is 0.146. The molecular weight excluding hydrogens is 536 g/mol. The topological polar surface area (TPSA) is 193 Å². The van der Waals surface area contributed by atoms with Gasteiger partial charge in [-0.2, -0.15) is 0 Å². The summed E-state index contributed by atoms with van der Waals surface area (Å²) in [5, 5.41) is 19.1. The fourth-order valence-corrected chi connectivity index (χ4v) is 3.91. The van der Waals surface area contributed by atoms with Gasteiger partial charge in [0.1, 0.15) is 30.3 Å². The molecule has 0 aliphatic carbocycles. The van der Waals surface area contributed by atoms with E-state index in [0.717, 1.165) is 5.56 Å². The normalized spacial score (nSPS) is 18.0. The average Bonchev–Trinajstić information content (AvgIpc) is 3.66. The average molecular weight is 577 g/mol. The van der Waals surface area contributed by atoms with Crippen molar-refractivity contribution in [3.8, 4) is 0 Å². The van der Waals surface area contributed by atoms with Gasteiger partial charge < -0.3 is 35.8 Å². The molecule has 226 valence electrons. The van der Waals surface area contributed by atoms with Crippen molar-refractivity contribution in [2.45, 2.75) is 70.7 Å². The van der Waals surface area contributed by atoms with Crippen molar-refractivity contribution in [3.05, 3.63) is 35.9 Å². The number of hydrogen-bond acceptors (Lipinski definition) is 8. The second-order valence-electron chi connectivity index (χ2n) is 10.6. The van der Waals surface area contributed by atoms with E-state index in [2.05, 4.69) is 21.3 Å². The molecule has 1 heterocycles. The SMILES string of the molecule is CC(=O)N[C@@H](CCc1ccccc1)C(=O)N[C@@H](CC(C)C)C(=O)N[C@@H](COCC(=O)O)C(=O)NCC(=O)[C@@]1(C)CO1. The molecule has 0 unspecified atom stereocenters. The first-order chi connectivity index (χ1) is 19.3. The minimum atomic E-state index is -1.35. The molecule has 41 heavy (non-hydrogen) atoms. The summed E-state index contributed by atoms with van der Waals surface area (Å²) in [6, 6.07) is 6.08. The van der Waals surface area contributed by atoms with Gasteiger partial charge in [-0.05, 0) is 37.7 Å². The van der Waals surface area contributed by atoms with Crippen LogP contribution >= 0.6 is 0 Å². The van der Waals surface area contributed by atoms with Crippen molar-refractivity contribution < 1.29 is 43.3 Å². The van der Waals surface area contributed by atoms with Crippen molar-refractivity contribution in [1.29, 1.82) is 0 Å². The molecule has 0 saturated carbocycles. The molecule has 0 bridgehead atoms. The number of rotatable bonds is 18. The predicted molar refractivity (Wildman–Crippen MR) is 147 cm³/mol. The van der Waals surface area contributed by atoms with E-state index in [-0.39, 0.29) is 37.7 Å². The molecule has 1 aliphatic heterocycles. The van der Waals surface area contributed by atoms with Crippen LogP contribution in [0.5, 0.6) is 0 Å². The van der Waals surface area contributed by atoms with Gasteiger partial charge in [0.25, 0.3) is 0 Å². The maximum absolute atomic E-state index is 13.3. The Balaban J connectivity index is 2.11. The summed E-state index contributed by atoms with van der Waals surface area (Å²) in [7, 11) is 0. The predicted octanol–water partition coefficient (Wildman–Crippen LogP) is -0.285. The van der Waals surface area contributed by atoms with Crippen LogP contribution in [0.25, 0.3) is 0 Å². The van der Waals surface area contributed by atoms with Crippen LogP contribution in [-0.4, -0.2) is 90.6 Å². The van der Waals surface area contributed by atoms with Crippen LogP contribution in [0.4, 0.5) is 0 Å². The lowest BCUT2D eigenvalue weighted by Gasteiger charge is -2.26. The monoisotopic (exact) mass is 576 g/mol. The van der Waals surface area contributed by atoms with E-state index in [1.807, 2.05) is 44.2 Å². The van der Waals surface area contributed by atoms with Gasteiger partial charge in [-0.3, -0.25) is 24.0 Å². The van der Waals surface area contributed by atoms with Crippen LogP contribution in [0.1, 0.15) is 46.1 Å². The largest absolute Gasteiger partial charge is 0.480 e. The molecule has 1 aliphatic rings. The number of hydrogen-bond donors (Lipinski definition) is 5. The summed E-state index contributed by atoms with van der Waals surface area (Å²) in [5.41, 5.74) is 0.0201. The highest BCUT2D eigenvalue weighted by atomic mass is 16.6. The zero-order valence-corrected chi connectivity index (χ0v) is 23.9. The lowest BCUT2D eigenvalue weighted by Crippen LogP contribution is -2.58. The number of amides is 4. The molecule has 4 atom stereocenters. The van der Waals surface area contributed by atoms with Gasteiger partial charge in [0, 0.05) is 6.92 Å².